The summed E-state index contributed by atoms with van der Waals surface area (Å²) >= 11 is 12.0. The molecule has 13 heteroatoms. The van der Waals surface area contributed by atoms with E-state index in [1.54, 1.807) is 25.1 Å². The molecule has 0 bridgehead atoms. The number of amides is 2. The van der Waals surface area contributed by atoms with Crippen molar-refractivity contribution in [1.82, 2.24) is 10.2 Å². The van der Waals surface area contributed by atoms with Gasteiger partial charge in [-0.15, -0.1) is 0 Å². The number of nitro groups is 1. The maximum Gasteiger partial charge on any atom is 0.271 e. The molecule has 0 fully saturated rings. The zero-order valence-electron chi connectivity index (χ0n) is 18.7. The minimum absolute atomic E-state index is 0.0507. The maximum absolute atomic E-state index is 13.3. The first-order chi connectivity index (χ1) is 15.8. The first-order valence-electron chi connectivity index (χ1n) is 10.1. The van der Waals surface area contributed by atoms with Crippen LogP contribution in [0.5, 0.6) is 0 Å². The predicted molar refractivity (Wildman–Crippen MR) is 130 cm³/mol. The molecular weight excluding hydrogens is 507 g/mol. The molecule has 0 spiro atoms. The smallest absolute Gasteiger partial charge is 0.271 e. The molecule has 1 atom stereocenters. The molecule has 2 aromatic rings. The number of non-ortho nitro benzene ring substituents is 1. The molecule has 10 nitrogen and oxygen atoms in total. The molecule has 2 amide bonds. The van der Waals surface area contributed by atoms with Gasteiger partial charge in [-0.05, 0) is 37.6 Å². The minimum Gasteiger partial charge on any atom is -0.355 e. The Kier molecular flexibility index (Phi) is 9.25. The van der Waals surface area contributed by atoms with Gasteiger partial charge in [-0.2, -0.15) is 0 Å². The molecule has 0 saturated heterocycles. The Hall–Kier alpha value is -2.89. The van der Waals surface area contributed by atoms with E-state index in [0.717, 1.165) is 16.6 Å². The molecule has 0 aliphatic heterocycles. The lowest BCUT2D eigenvalue weighted by Crippen LogP contribution is -2.51. The van der Waals surface area contributed by atoms with Gasteiger partial charge in [-0.1, -0.05) is 35.3 Å². The molecule has 0 aromatic heterocycles. The van der Waals surface area contributed by atoms with Crippen molar-refractivity contribution >= 4 is 56.4 Å². The number of sulfonamides is 1. The fourth-order valence-electron chi connectivity index (χ4n) is 3.11. The van der Waals surface area contributed by atoms with Crippen molar-refractivity contribution in [2.75, 3.05) is 23.7 Å². The molecule has 1 N–H and O–H groups in total. The van der Waals surface area contributed by atoms with Crippen molar-refractivity contribution in [3.8, 4) is 0 Å². The number of hydrogen-bond donors (Lipinski definition) is 1. The Bertz CT molecular complexity index is 1190. The summed E-state index contributed by atoms with van der Waals surface area (Å²) in [5.74, 6) is -1.13. The van der Waals surface area contributed by atoms with E-state index in [2.05, 4.69) is 5.32 Å². The molecule has 34 heavy (non-hydrogen) atoms. The zero-order valence-corrected chi connectivity index (χ0v) is 21.0. The van der Waals surface area contributed by atoms with Crippen molar-refractivity contribution < 1.29 is 22.9 Å². The van der Waals surface area contributed by atoms with Gasteiger partial charge < -0.3 is 10.2 Å². The molecule has 0 radical (unpaired) electrons. The van der Waals surface area contributed by atoms with E-state index in [4.69, 9.17) is 23.2 Å². The molecule has 0 aliphatic rings. The molecule has 184 valence electrons. The molecule has 2 rings (SSSR count). The fraction of sp³-hybridized carbons (Fsp3) is 0.333. The summed E-state index contributed by atoms with van der Waals surface area (Å²) in [6.07, 6.45) is 0.885. The van der Waals surface area contributed by atoms with Crippen LogP contribution in [0, 0.1) is 10.1 Å². The lowest BCUT2D eigenvalue weighted by molar-refractivity contribution is -0.384. The van der Waals surface area contributed by atoms with Crippen molar-refractivity contribution in [2.24, 2.45) is 0 Å². The number of nitrogens with one attached hydrogen (secondary N) is 1. The number of nitrogens with zero attached hydrogens (tertiary/aromatic N) is 3. The van der Waals surface area contributed by atoms with E-state index < -0.39 is 39.3 Å². The van der Waals surface area contributed by atoms with Crippen LogP contribution >= 0.6 is 23.2 Å². The van der Waals surface area contributed by atoms with Crippen molar-refractivity contribution in [3.63, 3.8) is 0 Å². The number of carbonyl (C=O) groups excluding carboxylic acids is 2. The quantitative estimate of drug-likeness (QED) is 0.370. The number of rotatable bonds is 10. The van der Waals surface area contributed by atoms with Crippen LogP contribution in [-0.2, 0) is 26.2 Å². The van der Waals surface area contributed by atoms with Crippen molar-refractivity contribution in [1.29, 1.82) is 0 Å². The largest absolute Gasteiger partial charge is 0.355 e. The summed E-state index contributed by atoms with van der Waals surface area (Å²) < 4.78 is 25.7. The van der Waals surface area contributed by atoms with Gasteiger partial charge in [-0.25, -0.2) is 8.42 Å². The second kappa shape index (κ2) is 11.5. The predicted octanol–water partition coefficient (Wildman–Crippen LogP) is 3.22. The van der Waals surface area contributed by atoms with E-state index in [1.807, 2.05) is 0 Å². The van der Waals surface area contributed by atoms with Crippen LogP contribution in [0.2, 0.25) is 10.0 Å². The van der Waals surface area contributed by atoms with Crippen LogP contribution in [-0.4, -0.2) is 55.4 Å². The molecule has 2 aromatic carbocycles. The third-order valence-corrected chi connectivity index (χ3v) is 6.74. The highest BCUT2D eigenvalue weighted by atomic mass is 35.5. The lowest BCUT2D eigenvalue weighted by atomic mass is 10.1. The second-order valence-electron chi connectivity index (χ2n) is 7.39. The van der Waals surface area contributed by atoms with Crippen LogP contribution in [0.15, 0.2) is 42.5 Å². The maximum atomic E-state index is 13.3. The summed E-state index contributed by atoms with van der Waals surface area (Å²) in [5, 5.41) is 14.3. The van der Waals surface area contributed by atoms with Crippen molar-refractivity contribution in [2.45, 2.75) is 26.4 Å². The van der Waals surface area contributed by atoms with Gasteiger partial charge >= 0.3 is 0 Å². The first kappa shape index (κ1) is 27.4. The monoisotopic (exact) mass is 530 g/mol. The van der Waals surface area contributed by atoms with E-state index in [-0.39, 0.29) is 22.9 Å². The number of hydrogen-bond acceptors (Lipinski definition) is 6. The highest BCUT2D eigenvalue weighted by Gasteiger charge is 2.30. The molecule has 0 unspecified atom stereocenters. The van der Waals surface area contributed by atoms with Crippen LogP contribution in [0.4, 0.5) is 11.4 Å². The number of benzene rings is 2. The van der Waals surface area contributed by atoms with Crippen LogP contribution in [0.1, 0.15) is 19.4 Å². The lowest BCUT2D eigenvalue weighted by Gasteiger charge is -2.31. The average molecular weight is 531 g/mol. The molecule has 0 aliphatic carbocycles. The normalized spacial score (nSPS) is 12.0. The number of anilines is 1. The van der Waals surface area contributed by atoms with Crippen molar-refractivity contribution in [3.05, 3.63) is 68.2 Å². The van der Waals surface area contributed by atoms with Gasteiger partial charge in [0.05, 0.1) is 26.9 Å². The summed E-state index contributed by atoms with van der Waals surface area (Å²) in [6.45, 7) is 2.84. The highest BCUT2D eigenvalue weighted by molar-refractivity contribution is 7.92. The first-order valence-corrected chi connectivity index (χ1v) is 12.7. The Morgan fingerprint density at radius 2 is 1.82 bits per heavy atom. The zero-order chi connectivity index (χ0) is 25.6. The van der Waals surface area contributed by atoms with E-state index in [0.29, 0.717) is 17.1 Å². The minimum atomic E-state index is -4.01. The van der Waals surface area contributed by atoms with Gasteiger partial charge in [0, 0.05) is 25.2 Å². The van der Waals surface area contributed by atoms with Gasteiger partial charge in [0.2, 0.25) is 21.8 Å². The number of halogens is 2. The number of nitro benzene ring substituents is 1. The standard InChI is InChI=1S/C21H24Cl2N4O6S/c1-4-24-21(29)14(2)25(12-15-8-9-18(22)19(23)10-15)20(28)13-26(34(3,32)33)16-6-5-7-17(11-16)27(30)31/h5-11,14H,4,12-13H2,1-3H3,(H,24,29)/t14-/m0/s1. The summed E-state index contributed by atoms with van der Waals surface area (Å²) in [4.78, 5) is 37.5. The fourth-order valence-corrected chi connectivity index (χ4v) is 4.28. The summed E-state index contributed by atoms with van der Waals surface area (Å²) in [7, 11) is -4.01. The molecule has 0 heterocycles. The number of carbonyl (C=O) groups is 2. The summed E-state index contributed by atoms with van der Waals surface area (Å²) in [5.41, 5.74) is 0.187. The van der Waals surface area contributed by atoms with Gasteiger partial charge in [0.25, 0.3) is 5.69 Å². The van der Waals surface area contributed by atoms with E-state index >= 15 is 0 Å². The SMILES string of the molecule is CCNC(=O)[C@H](C)N(Cc1ccc(Cl)c(Cl)c1)C(=O)CN(c1cccc([N+](=O)[O-])c1)S(C)(=O)=O. The third-order valence-electron chi connectivity index (χ3n) is 4.86. The van der Waals surface area contributed by atoms with E-state index in [9.17, 15) is 28.1 Å². The van der Waals surface area contributed by atoms with Crippen LogP contribution in [0.3, 0.4) is 0 Å². The Morgan fingerprint density at radius 3 is 2.38 bits per heavy atom. The Balaban J connectivity index is 2.44. The Labute approximate surface area is 207 Å². The average Bonchev–Trinajstić information content (AvgIpc) is 2.77. The summed E-state index contributed by atoms with van der Waals surface area (Å²) in [6, 6.07) is 8.71. The second-order valence-corrected chi connectivity index (χ2v) is 10.1. The molecule has 0 saturated carbocycles. The van der Waals surface area contributed by atoms with Gasteiger partial charge in [0.15, 0.2) is 0 Å². The van der Waals surface area contributed by atoms with E-state index in [1.165, 1.54) is 30.0 Å². The van der Waals surface area contributed by atoms with Gasteiger partial charge in [-0.3, -0.25) is 24.0 Å². The third kappa shape index (κ3) is 7.05. The number of likely N-dealkylation sites (N-methyl/N-ethyl adjacent to an activating group) is 1. The van der Waals surface area contributed by atoms with Crippen LogP contribution in [0.25, 0.3) is 0 Å². The molecular formula is C21H24Cl2N4O6S. The van der Waals surface area contributed by atoms with Gasteiger partial charge in [0.1, 0.15) is 12.6 Å². The Morgan fingerprint density at radius 1 is 1.15 bits per heavy atom. The van der Waals surface area contributed by atoms with Crippen LogP contribution < -0.4 is 9.62 Å². The topological polar surface area (TPSA) is 130 Å². The highest BCUT2D eigenvalue weighted by Crippen LogP contribution is 2.25.